The third-order valence-electron chi connectivity index (χ3n) is 4.91. The molecular weight excluding hydrogens is 370 g/mol. The van der Waals surface area contributed by atoms with E-state index in [9.17, 15) is 0 Å². The molecule has 2 heterocycles. The molecule has 0 aliphatic carbocycles. The van der Waals surface area contributed by atoms with Crippen molar-refractivity contribution in [2.75, 3.05) is 5.43 Å². The van der Waals surface area contributed by atoms with Crippen molar-refractivity contribution in [3.8, 4) is 11.3 Å². The number of aryl methyl sites for hydroxylation is 1. The monoisotopic (exact) mass is 389 g/mol. The van der Waals surface area contributed by atoms with Crippen LogP contribution in [0, 0.1) is 6.92 Å². The second kappa shape index (κ2) is 7.72. The van der Waals surface area contributed by atoms with Crippen molar-refractivity contribution in [3.63, 3.8) is 0 Å². The molecule has 0 aliphatic rings. The van der Waals surface area contributed by atoms with Crippen molar-refractivity contribution in [3.05, 3.63) is 96.2 Å². The van der Waals surface area contributed by atoms with Crippen LogP contribution in [0.1, 0.15) is 11.1 Å². The zero-order valence-electron chi connectivity index (χ0n) is 16.4. The second-order valence-electron chi connectivity index (χ2n) is 7.11. The molecule has 144 valence electrons. The third kappa shape index (κ3) is 3.61. The zero-order chi connectivity index (χ0) is 20.3. The first kappa shape index (κ1) is 17.9. The molecule has 5 aromatic rings. The van der Waals surface area contributed by atoms with Crippen LogP contribution in [0.2, 0.25) is 0 Å². The Labute approximate surface area is 174 Å². The Morgan fingerprint density at radius 1 is 0.833 bits per heavy atom. The summed E-state index contributed by atoms with van der Waals surface area (Å²) in [6.45, 7) is 2.07. The number of rotatable bonds is 4. The molecule has 0 amide bonds. The number of pyridine rings is 1. The number of hydrogen-bond donors (Lipinski definition) is 1. The number of nitrogens with one attached hydrogen (secondary N) is 1. The van der Waals surface area contributed by atoms with Crippen molar-refractivity contribution >= 4 is 34.0 Å². The van der Waals surface area contributed by atoms with Crippen molar-refractivity contribution in [2.24, 2.45) is 5.10 Å². The van der Waals surface area contributed by atoms with E-state index in [1.807, 2.05) is 54.6 Å². The summed E-state index contributed by atoms with van der Waals surface area (Å²) >= 11 is 0. The van der Waals surface area contributed by atoms with Gasteiger partial charge in [0.05, 0.1) is 22.9 Å². The molecule has 2 aromatic heterocycles. The Morgan fingerprint density at radius 2 is 1.73 bits per heavy atom. The smallest absolute Gasteiger partial charge is 0.244 e. The Morgan fingerprint density at radius 3 is 2.63 bits per heavy atom. The van der Waals surface area contributed by atoms with Gasteiger partial charge in [0.1, 0.15) is 0 Å². The molecule has 0 spiro atoms. The van der Waals surface area contributed by atoms with Crippen molar-refractivity contribution < 1.29 is 0 Å². The van der Waals surface area contributed by atoms with Gasteiger partial charge in [0.15, 0.2) is 0 Å². The highest BCUT2D eigenvalue weighted by Gasteiger charge is 2.10. The van der Waals surface area contributed by atoms with E-state index < -0.39 is 0 Å². The third-order valence-corrected chi connectivity index (χ3v) is 4.91. The van der Waals surface area contributed by atoms with Crippen LogP contribution in [0.3, 0.4) is 0 Å². The van der Waals surface area contributed by atoms with E-state index >= 15 is 0 Å². The van der Waals surface area contributed by atoms with Crippen LogP contribution in [-0.2, 0) is 0 Å². The molecular formula is C25H19N5. The van der Waals surface area contributed by atoms with Crippen LogP contribution >= 0.6 is 0 Å². The SMILES string of the molecule is Cc1ccc2nc(N/N=C/c3ccc4cccnc4c3)nc(-c3ccccc3)c2c1. The van der Waals surface area contributed by atoms with E-state index in [0.29, 0.717) is 5.95 Å². The van der Waals surface area contributed by atoms with Crippen LogP contribution in [0.25, 0.3) is 33.1 Å². The van der Waals surface area contributed by atoms with E-state index in [1.165, 1.54) is 5.56 Å². The number of hydrogen-bond acceptors (Lipinski definition) is 5. The predicted molar refractivity (Wildman–Crippen MR) is 123 cm³/mol. The molecule has 0 saturated carbocycles. The van der Waals surface area contributed by atoms with Gasteiger partial charge in [-0.2, -0.15) is 5.10 Å². The highest BCUT2D eigenvalue weighted by Crippen LogP contribution is 2.28. The molecule has 0 atom stereocenters. The normalized spacial score (nSPS) is 11.4. The van der Waals surface area contributed by atoms with Gasteiger partial charge in [0.2, 0.25) is 5.95 Å². The maximum atomic E-state index is 4.75. The molecule has 0 radical (unpaired) electrons. The lowest BCUT2D eigenvalue weighted by molar-refractivity contribution is 1.15. The Balaban J connectivity index is 1.49. The molecule has 5 heteroatoms. The zero-order valence-corrected chi connectivity index (χ0v) is 16.4. The number of hydrazone groups is 1. The Bertz CT molecular complexity index is 1380. The van der Waals surface area contributed by atoms with E-state index in [0.717, 1.165) is 38.6 Å². The fourth-order valence-corrected chi connectivity index (χ4v) is 3.44. The summed E-state index contributed by atoms with van der Waals surface area (Å²) in [4.78, 5) is 13.8. The second-order valence-corrected chi connectivity index (χ2v) is 7.11. The van der Waals surface area contributed by atoms with Gasteiger partial charge in [-0.15, -0.1) is 0 Å². The molecule has 0 unspecified atom stereocenters. The first-order valence-corrected chi connectivity index (χ1v) is 9.74. The molecule has 5 nitrogen and oxygen atoms in total. The van der Waals surface area contributed by atoms with Gasteiger partial charge in [0.25, 0.3) is 0 Å². The quantitative estimate of drug-likeness (QED) is 0.321. The van der Waals surface area contributed by atoms with Crippen LogP contribution < -0.4 is 5.43 Å². The minimum Gasteiger partial charge on any atom is -0.256 e. The molecule has 1 N–H and O–H groups in total. The van der Waals surface area contributed by atoms with Crippen LogP contribution in [-0.4, -0.2) is 21.2 Å². The first-order valence-electron chi connectivity index (χ1n) is 9.74. The van der Waals surface area contributed by atoms with Gasteiger partial charge in [-0.25, -0.2) is 15.4 Å². The lowest BCUT2D eigenvalue weighted by Gasteiger charge is -2.09. The summed E-state index contributed by atoms with van der Waals surface area (Å²) in [5, 5.41) is 6.47. The fraction of sp³-hybridized carbons (Fsp3) is 0.0400. The van der Waals surface area contributed by atoms with Gasteiger partial charge in [0, 0.05) is 22.5 Å². The van der Waals surface area contributed by atoms with Crippen molar-refractivity contribution in [1.29, 1.82) is 0 Å². The van der Waals surface area contributed by atoms with E-state index in [4.69, 9.17) is 4.98 Å². The summed E-state index contributed by atoms with van der Waals surface area (Å²) in [5.41, 5.74) is 8.85. The summed E-state index contributed by atoms with van der Waals surface area (Å²) in [6.07, 6.45) is 3.54. The minimum atomic E-state index is 0.459. The van der Waals surface area contributed by atoms with Gasteiger partial charge >= 0.3 is 0 Å². The highest BCUT2D eigenvalue weighted by molar-refractivity contribution is 5.94. The number of benzene rings is 3. The average Bonchev–Trinajstić information content (AvgIpc) is 2.79. The van der Waals surface area contributed by atoms with Gasteiger partial charge in [-0.3, -0.25) is 4.98 Å². The number of nitrogens with zero attached hydrogens (tertiary/aromatic N) is 4. The topological polar surface area (TPSA) is 63.1 Å². The summed E-state index contributed by atoms with van der Waals surface area (Å²) < 4.78 is 0. The van der Waals surface area contributed by atoms with Crippen molar-refractivity contribution in [2.45, 2.75) is 6.92 Å². The van der Waals surface area contributed by atoms with Gasteiger partial charge in [-0.1, -0.05) is 60.2 Å². The number of aromatic nitrogens is 3. The van der Waals surface area contributed by atoms with E-state index in [2.05, 4.69) is 51.7 Å². The standard InChI is InChI=1S/C25H19N5/c1-17-9-12-22-21(14-17)24(20-6-3-2-4-7-20)29-25(28-22)30-27-16-18-10-11-19-8-5-13-26-23(19)15-18/h2-16H,1H3,(H,28,29,30)/b27-16+. The fourth-order valence-electron chi connectivity index (χ4n) is 3.44. The van der Waals surface area contributed by atoms with E-state index in [1.54, 1.807) is 12.4 Å². The minimum absolute atomic E-state index is 0.459. The molecule has 3 aromatic carbocycles. The van der Waals surface area contributed by atoms with Gasteiger partial charge < -0.3 is 0 Å². The molecule has 30 heavy (non-hydrogen) atoms. The Kier molecular flexibility index (Phi) is 4.62. The highest BCUT2D eigenvalue weighted by atomic mass is 15.3. The van der Waals surface area contributed by atoms with Crippen molar-refractivity contribution in [1.82, 2.24) is 15.0 Å². The molecule has 0 bridgehead atoms. The largest absolute Gasteiger partial charge is 0.256 e. The van der Waals surface area contributed by atoms with Crippen LogP contribution in [0.4, 0.5) is 5.95 Å². The maximum Gasteiger partial charge on any atom is 0.244 e. The Hall–Kier alpha value is -4.12. The summed E-state index contributed by atoms with van der Waals surface area (Å²) in [7, 11) is 0. The van der Waals surface area contributed by atoms with Gasteiger partial charge in [-0.05, 0) is 36.8 Å². The summed E-state index contributed by atoms with van der Waals surface area (Å²) in [6, 6.07) is 26.3. The number of fused-ring (bicyclic) bond motifs is 2. The summed E-state index contributed by atoms with van der Waals surface area (Å²) in [5.74, 6) is 0.459. The molecule has 0 aliphatic heterocycles. The molecule has 0 fully saturated rings. The lowest BCUT2D eigenvalue weighted by atomic mass is 10.0. The lowest BCUT2D eigenvalue weighted by Crippen LogP contribution is -2.00. The van der Waals surface area contributed by atoms with E-state index in [-0.39, 0.29) is 0 Å². The van der Waals surface area contributed by atoms with Crippen LogP contribution in [0.5, 0.6) is 0 Å². The predicted octanol–water partition coefficient (Wildman–Crippen LogP) is 5.60. The first-order chi connectivity index (χ1) is 14.8. The number of anilines is 1. The average molecular weight is 389 g/mol. The maximum absolute atomic E-state index is 4.75. The molecule has 0 saturated heterocycles. The van der Waals surface area contributed by atoms with Crippen LogP contribution in [0.15, 0.2) is 90.2 Å². The molecule has 5 rings (SSSR count).